The highest BCUT2D eigenvalue weighted by molar-refractivity contribution is 5.45. The molecule has 0 aliphatic carbocycles. The predicted molar refractivity (Wildman–Crippen MR) is 81.8 cm³/mol. The Labute approximate surface area is 117 Å². The molecule has 0 spiro atoms. The Kier molecular flexibility index (Phi) is 5.64. The van der Waals surface area contributed by atoms with Crippen molar-refractivity contribution < 1.29 is 0 Å². The normalized spacial score (nSPS) is 16.5. The summed E-state index contributed by atoms with van der Waals surface area (Å²) in [7, 11) is 0. The van der Waals surface area contributed by atoms with Crippen LogP contribution in [0.25, 0.3) is 0 Å². The SMILES string of the molecule is CCCN(CCN1CCCCC1)c1ncccc1C. The van der Waals surface area contributed by atoms with Crippen molar-refractivity contribution in [3.8, 4) is 0 Å². The number of anilines is 1. The molecule has 106 valence electrons. The molecular weight excluding hydrogens is 234 g/mol. The first kappa shape index (κ1) is 14.3. The van der Waals surface area contributed by atoms with Crippen molar-refractivity contribution >= 4 is 5.82 Å². The minimum absolute atomic E-state index is 1.10. The topological polar surface area (TPSA) is 19.4 Å². The van der Waals surface area contributed by atoms with Gasteiger partial charge in [0.05, 0.1) is 0 Å². The fraction of sp³-hybridized carbons (Fsp3) is 0.688. The van der Waals surface area contributed by atoms with Crippen molar-refractivity contribution in [3.63, 3.8) is 0 Å². The molecule has 0 aromatic carbocycles. The predicted octanol–water partition coefficient (Wildman–Crippen LogP) is 3.09. The van der Waals surface area contributed by atoms with Crippen molar-refractivity contribution in [2.24, 2.45) is 0 Å². The third kappa shape index (κ3) is 4.20. The minimum Gasteiger partial charge on any atom is -0.355 e. The summed E-state index contributed by atoms with van der Waals surface area (Å²) >= 11 is 0. The van der Waals surface area contributed by atoms with Gasteiger partial charge in [-0.3, -0.25) is 0 Å². The fourth-order valence-corrected chi connectivity index (χ4v) is 2.85. The van der Waals surface area contributed by atoms with E-state index in [1.165, 1.54) is 56.7 Å². The van der Waals surface area contributed by atoms with Crippen LogP contribution >= 0.6 is 0 Å². The number of aromatic nitrogens is 1. The molecule has 0 amide bonds. The number of rotatable bonds is 6. The lowest BCUT2D eigenvalue weighted by Gasteiger charge is -2.31. The summed E-state index contributed by atoms with van der Waals surface area (Å²) in [5.41, 5.74) is 1.29. The molecule has 2 heterocycles. The summed E-state index contributed by atoms with van der Waals surface area (Å²) in [6.45, 7) is 10.3. The Hall–Kier alpha value is -1.09. The highest BCUT2D eigenvalue weighted by atomic mass is 15.2. The highest BCUT2D eigenvalue weighted by Gasteiger charge is 2.13. The third-order valence-electron chi connectivity index (χ3n) is 3.91. The van der Waals surface area contributed by atoms with Crippen molar-refractivity contribution in [3.05, 3.63) is 23.9 Å². The molecule has 0 radical (unpaired) electrons. The van der Waals surface area contributed by atoms with Gasteiger partial charge in [0.1, 0.15) is 5.82 Å². The molecule has 1 aliphatic heterocycles. The van der Waals surface area contributed by atoms with Crippen LogP contribution in [-0.4, -0.2) is 42.6 Å². The van der Waals surface area contributed by atoms with Crippen LogP contribution in [-0.2, 0) is 0 Å². The second-order valence-electron chi connectivity index (χ2n) is 5.53. The first-order valence-electron chi connectivity index (χ1n) is 7.70. The van der Waals surface area contributed by atoms with Gasteiger partial charge >= 0.3 is 0 Å². The average Bonchev–Trinajstić information content (AvgIpc) is 2.45. The molecule has 19 heavy (non-hydrogen) atoms. The van der Waals surface area contributed by atoms with Crippen LogP contribution in [0.5, 0.6) is 0 Å². The van der Waals surface area contributed by atoms with Gasteiger partial charge in [-0.05, 0) is 50.9 Å². The second kappa shape index (κ2) is 7.49. The number of hydrogen-bond donors (Lipinski definition) is 0. The van der Waals surface area contributed by atoms with E-state index in [1.807, 2.05) is 12.3 Å². The summed E-state index contributed by atoms with van der Waals surface area (Å²) in [5.74, 6) is 1.17. The summed E-state index contributed by atoms with van der Waals surface area (Å²) < 4.78 is 0. The molecule has 1 aromatic rings. The van der Waals surface area contributed by atoms with Crippen LogP contribution < -0.4 is 4.90 Å². The maximum Gasteiger partial charge on any atom is 0.131 e. The molecule has 1 aliphatic rings. The summed E-state index contributed by atoms with van der Waals surface area (Å²) in [5, 5.41) is 0. The lowest BCUT2D eigenvalue weighted by molar-refractivity contribution is 0.233. The van der Waals surface area contributed by atoms with Gasteiger partial charge in [-0.1, -0.05) is 19.4 Å². The molecule has 0 unspecified atom stereocenters. The number of likely N-dealkylation sites (tertiary alicyclic amines) is 1. The number of piperidine rings is 1. The smallest absolute Gasteiger partial charge is 0.131 e. The first-order chi connectivity index (χ1) is 9.31. The van der Waals surface area contributed by atoms with E-state index in [-0.39, 0.29) is 0 Å². The maximum atomic E-state index is 4.57. The monoisotopic (exact) mass is 261 g/mol. The third-order valence-corrected chi connectivity index (χ3v) is 3.91. The van der Waals surface area contributed by atoms with E-state index in [0.29, 0.717) is 0 Å². The zero-order valence-electron chi connectivity index (χ0n) is 12.4. The van der Waals surface area contributed by atoms with Crippen molar-refractivity contribution in [2.75, 3.05) is 37.6 Å². The Morgan fingerprint density at radius 2 is 2.00 bits per heavy atom. The number of nitrogens with zero attached hydrogens (tertiary/aromatic N) is 3. The molecule has 0 bridgehead atoms. The van der Waals surface area contributed by atoms with Gasteiger partial charge in [0, 0.05) is 25.8 Å². The quantitative estimate of drug-likeness (QED) is 0.784. The number of hydrogen-bond acceptors (Lipinski definition) is 3. The van der Waals surface area contributed by atoms with E-state index in [0.717, 1.165) is 13.1 Å². The molecule has 1 fully saturated rings. The van der Waals surface area contributed by atoms with Crippen LogP contribution in [0.1, 0.15) is 38.2 Å². The maximum absolute atomic E-state index is 4.57. The van der Waals surface area contributed by atoms with Crippen molar-refractivity contribution in [2.45, 2.75) is 39.5 Å². The molecule has 2 rings (SSSR count). The summed E-state index contributed by atoms with van der Waals surface area (Å²) in [6.07, 6.45) is 7.24. The summed E-state index contributed by atoms with van der Waals surface area (Å²) in [6, 6.07) is 4.18. The van der Waals surface area contributed by atoms with E-state index in [4.69, 9.17) is 0 Å². The van der Waals surface area contributed by atoms with Crippen LogP contribution in [0.15, 0.2) is 18.3 Å². The van der Waals surface area contributed by atoms with E-state index < -0.39 is 0 Å². The standard InChI is InChI=1S/C16H27N3/c1-3-10-19(16-15(2)8-7-9-17-16)14-13-18-11-5-4-6-12-18/h7-9H,3-6,10-14H2,1-2H3. The molecule has 0 saturated carbocycles. The lowest BCUT2D eigenvalue weighted by Crippen LogP contribution is -2.38. The van der Waals surface area contributed by atoms with Gasteiger partial charge in [0.25, 0.3) is 0 Å². The second-order valence-corrected chi connectivity index (χ2v) is 5.53. The van der Waals surface area contributed by atoms with Gasteiger partial charge in [-0.15, -0.1) is 0 Å². The number of pyridine rings is 1. The zero-order valence-corrected chi connectivity index (χ0v) is 12.4. The van der Waals surface area contributed by atoms with Gasteiger partial charge in [0.15, 0.2) is 0 Å². The van der Waals surface area contributed by atoms with Crippen molar-refractivity contribution in [1.82, 2.24) is 9.88 Å². The molecular formula is C16H27N3. The van der Waals surface area contributed by atoms with Gasteiger partial charge in [0.2, 0.25) is 0 Å². The van der Waals surface area contributed by atoms with E-state index in [1.54, 1.807) is 0 Å². The van der Waals surface area contributed by atoms with Crippen LogP contribution in [0.3, 0.4) is 0 Å². The van der Waals surface area contributed by atoms with E-state index >= 15 is 0 Å². The Morgan fingerprint density at radius 3 is 2.68 bits per heavy atom. The minimum atomic E-state index is 1.10. The highest BCUT2D eigenvalue weighted by Crippen LogP contribution is 2.16. The fourth-order valence-electron chi connectivity index (χ4n) is 2.85. The Morgan fingerprint density at radius 1 is 1.21 bits per heavy atom. The average molecular weight is 261 g/mol. The van der Waals surface area contributed by atoms with Crippen LogP contribution in [0.2, 0.25) is 0 Å². The molecule has 1 saturated heterocycles. The molecule has 0 N–H and O–H groups in total. The molecule has 3 nitrogen and oxygen atoms in total. The molecule has 1 aromatic heterocycles. The van der Waals surface area contributed by atoms with Gasteiger partial charge < -0.3 is 9.80 Å². The Bertz CT molecular complexity index is 372. The molecule has 3 heteroatoms. The Balaban J connectivity index is 1.94. The van der Waals surface area contributed by atoms with Crippen molar-refractivity contribution in [1.29, 1.82) is 0 Å². The number of aryl methyl sites for hydroxylation is 1. The van der Waals surface area contributed by atoms with Crippen LogP contribution in [0, 0.1) is 6.92 Å². The molecule has 0 atom stereocenters. The summed E-state index contributed by atoms with van der Waals surface area (Å²) in [4.78, 5) is 9.62. The first-order valence-corrected chi connectivity index (χ1v) is 7.70. The van der Waals surface area contributed by atoms with Gasteiger partial charge in [-0.2, -0.15) is 0 Å². The largest absolute Gasteiger partial charge is 0.355 e. The van der Waals surface area contributed by atoms with E-state index in [9.17, 15) is 0 Å². The van der Waals surface area contributed by atoms with Gasteiger partial charge in [-0.25, -0.2) is 4.98 Å². The lowest BCUT2D eigenvalue weighted by atomic mass is 10.1. The van der Waals surface area contributed by atoms with Crippen LogP contribution in [0.4, 0.5) is 5.82 Å². The van der Waals surface area contributed by atoms with E-state index in [2.05, 4.69) is 34.7 Å². The zero-order chi connectivity index (χ0) is 13.5.